The molecule has 4 heterocycles. The first-order chi connectivity index (χ1) is 20.0. The van der Waals surface area contributed by atoms with E-state index in [1.807, 2.05) is 48.9 Å². The van der Waals surface area contributed by atoms with Gasteiger partial charge in [-0.2, -0.15) is 5.10 Å². The Morgan fingerprint density at radius 1 is 1.07 bits per heavy atom. The molecule has 0 spiro atoms. The Morgan fingerprint density at radius 3 is 2.78 bits per heavy atom. The van der Waals surface area contributed by atoms with Crippen molar-refractivity contribution in [3.05, 3.63) is 102 Å². The predicted octanol–water partition coefficient (Wildman–Crippen LogP) is 7.21. The molecule has 4 aromatic heterocycles. The van der Waals surface area contributed by atoms with Crippen LogP contribution in [0.3, 0.4) is 0 Å². The molecule has 6 nitrogen and oxygen atoms in total. The van der Waals surface area contributed by atoms with E-state index in [2.05, 4.69) is 80.9 Å². The van der Waals surface area contributed by atoms with Gasteiger partial charge >= 0.3 is 0 Å². The van der Waals surface area contributed by atoms with Crippen molar-refractivity contribution in [3.8, 4) is 22.6 Å². The van der Waals surface area contributed by atoms with Crippen LogP contribution in [-0.4, -0.2) is 25.1 Å². The second-order valence-corrected chi connectivity index (χ2v) is 11.0. The number of allylic oxidation sites excluding steroid dienone is 3. The van der Waals surface area contributed by atoms with Gasteiger partial charge in [0.25, 0.3) is 0 Å². The van der Waals surface area contributed by atoms with E-state index in [-0.39, 0.29) is 0 Å². The Hall–Kier alpha value is -4.71. The number of nitrogens with zero attached hydrogens (tertiary/aromatic N) is 3. The minimum Gasteiger partial charge on any atom is -0.358 e. The smallest absolute Gasteiger partial charge is 0.116 e. The molecule has 6 heteroatoms. The summed E-state index contributed by atoms with van der Waals surface area (Å²) >= 11 is 0. The third kappa shape index (κ3) is 5.92. The van der Waals surface area contributed by atoms with E-state index < -0.39 is 0 Å². The third-order valence-corrected chi connectivity index (χ3v) is 8.03. The monoisotopic (exact) mass is 540 g/mol. The summed E-state index contributed by atoms with van der Waals surface area (Å²) in [7, 11) is 0. The lowest BCUT2D eigenvalue weighted by Gasteiger charge is -2.22. The van der Waals surface area contributed by atoms with Crippen LogP contribution in [0.2, 0.25) is 0 Å². The van der Waals surface area contributed by atoms with Crippen LogP contribution < -0.4 is 15.9 Å². The number of aromatic nitrogens is 5. The largest absolute Gasteiger partial charge is 0.358 e. The van der Waals surface area contributed by atoms with E-state index in [1.165, 1.54) is 32.1 Å². The summed E-state index contributed by atoms with van der Waals surface area (Å²) in [5, 5.41) is 14.1. The fourth-order valence-electron chi connectivity index (χ4n) is 5.79. The summed E-state index contributed by atoms with van der Waals surface area (Å²) in [4.78, 5) is 12.5. The lowest BCUT2D eigenvalue weighted by molar-refractivity contribution is 0.357. The van der Waals surface area contributed by atoms with Crippen LogP contribution >= 0.6 is 0 Å². The minimum atomic E-state index is 0.750. The van der Waals surface area contributed by atoms with Crippen LogP contribution in [0.4, 0.5) is 5.69 Å². The molecule has 0 radical (unpaired) electrons. The number of aromatic amines is 2. The molecule has 3 N–H and O–H groups in total. The van der Waals surface area contributed by atoms with Crippen LogP contribution in [0.15, 0.2) is 85.5 Å². The summed E-state index contributed by atoms with van der Waals surface area (Å²) in [5.41, 5.74) is 8.98. The van der Waals surface area contributed by atoms with E-state index in [4.69, 9.17) is 0 Å². The third-order valence-electron chi connectivity index (χ3n) is 8.03. The van der Waals surface area contributed by atoms with E-state index in [0.29, 0.717) is 0 Å². The number of benzene rings is 1. The van der Waals surface area contributed by atoms with Gasteiger partial charge in [0.2, 0.25) is 0 Å². The quantitative estimate of drug-likeness (QED) is 0.194. The molecular weight excluding hydrogens is 504 g/mol. The predicted molar refractivity (Wildman–Crippen MR) is 170 cm³/mol. The Labute approximate surface area is 240 Å². The number of H-pyrrole nitrogens is 2. The molecule has 6 rings (SSSR count). The molecule has 1 aromatic carbocycles. The summed E-state index contributed by atoms with van der Waals surface area (Å²) in [6, 6.07) is 16.4. The van der Waals surface area contributed by atoms with Crippen molar-refractivity contribution in [2.75, 3.05) is 5.32 Å². The van der Waals surface area contributed by atoms with Crippen LogP contribution in [0.25, 0.3) is 51.8 Å². The van der Waals surface area contributed by atoms with Gasteiger partial charge in [0.05, 0.1) is 28.6 Å². The van der Waals surface area contributed by atoms with Crippen molar-refractivity contribution in [1.29, 1.82) is 0 Å². The van der Waals surface area contributed by atoms with Crippen molar-refractivity contribution in [2.45, 2.75) is 45.4 Å². The molecule has 1 saturated carbocycles. The van der Waals surface area contributed by atoms with Crippen molar-refractivity contribution >= 4 is 34.8 Å². The zero-order chi connectivity index (χ0) is 28.2. The van der Waals surface area contributed by atoms with Gasteiger partial charge in [-0.1, -0.05) is 69.5 Å². The SMILES string of the molecule is C=C(CC1CCCCC1)Nc1cncc(/C(C)=C/C=c2/[nH]nc(-c3cc4c(-c5ccccn5)cccc4[nH]3)c2=C)c1. The van der Waals surface area contributed by atoms with Crippen LogP contribution in [0.5, 0.6) is 0 Å². The van der Waals surface area contributed by atoms with Crippen molar-refractivity contribution < 1.29 is 0 Å². The highest BCUT2D eigenvalue weighted by Crippen LogP contribution is 2.31. The summed E-state index contributed by atoms with van der Waals surface area (Å²) < 4.78 is 0. The zero-order valence-corrected chi connectivity index (χ0v) is 23.6. The summed E-state index contributed by atoms with van der Waals surface area (Å²) in [6.45, 7) is 10.7. The molecule has 1 aliphatic carbocycles. The highest BCUT2D eigenvalue weighted by molar-refractivity contribution is 5.97. The van der Waals surface area contributed by atoms with Crippen LogP contribution in [0.1, 0.15) is 51.0 Å². The molecule has 0 amide bonds. The number of hydrogen-bond donors (Lipinski definition) is 3. The molecule has 1 fully saturated rings. The molecule has 5 aromatic rings. The maximum absolute atomic E-state index is 4.60. The van der Waals surface area contributed by atoms with Gasteiger partial charge in [-0.05, 0) is 66.8 Å². The first kappa shape index (κ1) is 26.5. The maximum atomic E-state index is 4.60. The molecule has 0 atom stereocenters. The lowest BCUT2D eigenvalue weighted by atomic mass is 9.86. The van der Waals surface area contributed by atoms with Gasteiger partial charge < -0.3 is 10.3 Å². The molecule has 206 valence electrons. The fourth-order valence-corrected chi connectivity index (χ4v) is 5.79. The van der Waals surface area contributed by atoms with E-state index in [9.17, 15) is 0 Å². The van der Waals surface area contributed by atoms with Crippen molar-refractivity contribution in [3.63, 3.8) is 0 Å². The molecule has 0 aliphatic heterocycles. The first-order valence-corrected chi connectivity index (χ1v) is 14.4. The van der Waals surface area contributed by atoms with Crippen LogP contribution in [-0.2, 0) is 0 Å². The van der Waals surface area contributed by atoms with Gasteiger partial charge in [-0.3, -0.25) is 15.1 Å². The second kappa shape index (κ2) is 11.8. The molecular formula is C35H36N6. The summed E-state index contributed by atoms with van der Waals surface area (Å²) in [5.74, 6) is 0.750. The first-order valence-electron chi connectivity index (χ1n) is 14.4. The number of fused-ring (bicyclic) bond motifs is 1. The summed E-state index contributed by atoms with van der Waals surface area (Å²) in [6.07, 6.45) is 17.4. The van der Waals surface area contributed by atoms with E-state index in [0.717, 1.165) is 79.0 Å². The zero-order valence-electron chi connectivity index (χ0n) is 23.6. The molecule has 0 saturated heterocycles. The van der Waals surface area contributed by atoms with Gasteiger partial charge in [0.1, 0.15) is 5.69 Å². The lowest BCUT2D eigenvalue weighted by Crippen LogP contribution is -2.21. The average Bonchev–Trinajstić information content (AvgIpc) is 3.60. The number of hydrogen-bond acceptors (Lipinski definition) is 4. The van der Waals surface area contributed by atoms with E-state index >= 15 is 0 Å². The maximum Gasteiger partial charge on any atom is 0.116 e. The number of pyridine rings is 2. The van der Waals surface area contributed by atoms with Crippen LogP contribution in [0, 0.1) is 5.92 Å². The average molecular weight is 541 g/mol. The molecule has 0 unspecified atom stereocenters. The Balaban J connectivity index is 1.21. The number of nitrogens with one attached hydrogen (secondary N) is 3. The molecule has 1 aliphatic rings. The second-order valence-electron chi connectivity index (χ2n) is 11.0. The van der Waals surface area contributed by atoms with Crippen molar-refractivity contribution in [2.24, 2.45) is 5.92 Å². The Morgan fingerprint density at radius 2 is 1.95 bits per heavy atom. The topological polar surface area (TPSA) is 82.3 Å². The van der Waals surface area contributed by atoms with Crippen molar-refractivity contribution in [1.82, 2.24) is 25.1 Å². The highest BCUT2D eigenvalue weighted by Gasteiger charge is 2.15. The van der Waals surface area contributed by atoms with Gasteiger partial charge in [0.15, 0.2) is 0 Å². The van der Waals surface area contributed by atoms with Gasteiger partial charge in [-0.15, -0.1) is 0 Å². The Kier molecular flexibility index (Phi) is 7.63. The number of anilines is 1. The van der Waals surface area contributed by atoms with Gasteiger partial charge in [0, 0.05) is 39.8 Å². The highest BCUT2D eigenvalue weighted by atomic mass is 15.1. The molecule has 41 heavy (non-hydrogen) atoms. The normalized spacial score (nSPS) is 15.0. The number of rotatable bonds is 8. The minimum absolute atomic E-state index is 0.750. The fraction of sp³-hybridized carbons (Fsp3) is 0.229. The van der Waals surface area contributed by atoms with Gasteiger partial charge in [-0.25, -0.2) is 0 Å². The standard InChI is InChI=1S/C35H36N6/c1-23(27-19-28(22-36-21-27)38-24(2)18-26-10-5-4-6-11-26)15-16-31-25(3)35(41-40-31)34-20-30-29(12-9-14-33(30)39-34)32-13-7-8-17-37-32/h7-9,12-17,19-22,26,38-40H,2-6,10-11,18H2,1H3/b23-15+,31-16+. The Bertz CT molecular complexity index is 1820. The van der Waals surface area contributed by atoms with E-state index in [1.54, 1.807) is 0 Å². The molecule has 0 bridgehead atoms.